The van der Waals surface area contributed by atoms with E-state index in [9.17, 15) is 10.2 Å². The number of aliphatic hydroxyl groups is 1. The van der Waals surface area contributed by atoms with Crippen molar-refractivity contribution in [3.8, 4) is 17.2 Å². The topological polar surface area (TPSA) is 92.4 Å². The molecule has 2 heterocycles. The number of pyridine rings is 1. The Labute approximate surface area is 206 Å². The lowest BCUT2D eigenvalue weighted by Gasteiger charge is -2.13. The number of aromatic hydroxyl groups is 1. The first-order chi connectivity index (χ1) is 17.1. The van der Waals surface area contributed by atoms with Crippen LogP contribution in [0.5, 0.6) is 11.5 Å². The predicted octanol–water partition coefficient (Wildman–Crippen LogP) is 4.43. The second-order valence-corrected chi connectivity index (χ2v) is 8.75. The number of aromatic nitrogens is 3. The van der Waals surface area contributed by atoms with Gasteiger partial charge in [-0.15, -0.1) is 0 Å². The van der Waals surface area contributed by atoms with E-state index in [0.29, 0.717) is 12.3 Å². The Morgan fingerprint density at radius 3 is 2.57 bits per heavy atom. The molecule has 0 aliphatic rings. The molecular weight excluding hydrogens is 440 g/mol. The Balaban J connectivity index is 1.29. The number of fused-ring (bicyclic) bond motifs is 1. The van der Waals surface area contributed by atoms with E-state index in [0.717, 1.165) is 48.5 Å². The third-order valence-electron chi connectivity index (χ3n) is 5.93. The monoisotopic (exact) mass is 474 g/mol. The molecule has 0 amide bonds. The van der Waals surface area contributed by atoms with Crippen LogP contribution in [0.25, 0.3) is 16.9 Å². The average molecular weight is 475 g/mol. The molecule has 0 saturated carbocycles. The van der Waals surface area contributed by atoms with Crippen LogP contribution in [0.2, 0.25) is 0 Å². The van der Waals surface area contributed by atoms with E-state index in [-0.39, 0.29) is 12.4 Å². The summed E-state index contributed by atoms with van der Waals surface area (Å²) in [6.07, 6.45) is 6.51. The van der Waals surface area contributed by atoms with Gasteiger partial charge in [0.2, 0.25) is 0 Å². The van der Waals surface area contributed by atoms with Crippen molar-refractivity contribution in [2.75, 3.05) is 19.7 Å². The molecule has 7 heteroatoms. The number of phenolic OH excluding ortho intramolecular Hbond substituents is 1. The number of aryl methyl sites for hydroxylation is 1. The van der Waals surface area contributed by atoms with E-state index in [1.807, 2.05) is 18.3 Å². The molecule has 4 aromatic rings. The van der Waals surface area contributed by atoms with Crippen molar-refractivity contribution in [2.45, 2.75) is 45.1 Å². The zero-order valence-corrected chi connectivity index (χ0v) is 20.2. The Kier molecular flexibility index (Phi) is 8.70. The fraction of sp³-hybridized carbons (Fsp3) is 0.357. The van der Waals surface area contributed by atoms with E-state index in [4.69, 9.17) is 9.72 Å². The van der Waals surface area contributed by atoms with Crippen molar-refractivity contribution in [1.29, 1.82) is 0 Å². The van der Waals surface area contributed by atoms with Crippen molar-refractivity contribution in [2.24, 2.45) is 0 Å². The van der Waals surface area contributed by atoms with E-state index in [1.54, 1.807) is 24.3 Å². The Bertz CT molecular complexity index is 1190. The molecule has 184 valence electrons. The minimum absolute atomic E-state index is 0.190. The first-order valence-corrected chi connectivity index (χ1v) is 12.4. The summed E-state index contributed by atoms with van der Waals surface area (Å²) in [6.45, 7) is 3.61. The van der Waals surface area contributed by atoms with Crippen molar-refractivity contribution < 1.29 is 14.9 Å². The average Bonchev–Trinajstić information content (AvgIpc) is 3.25. The number of nitrogens with one attached hydrogen (secondary N) is 1. The molecule has 0 bridgehead atoms. The fourth-order valence-electron chi connectivity index (χ4n) is 4.04. The van der Waals surface area contributed by atoms with Gasteiger partial charge in [-0.2, -0.15) is 0 Å². The van der Waals surface area contributed by atoms with Gasteiger partial charge < -0.3 is 20.3 Å². The van der Waals surface area contributed by atoms with Crippen LogP contribution in [-0.4, -0.2) is 50.5 Å². The van der Waals surface area contributed by atoms with Crippen molar-refractivity contribution in [3.63, 3.8) is 0 Å². The molecule has 0 radical (unpaired) electrons. The first-order valence-electron chi connectivity index (χ1n) is 12.4. The number of rotatable bonds is 13. The maximum Gasteiger partial charge on any atom is 0.164 e. The number of hydrogen-bond acceptors (Lipinski definition) is 6. The van der Waals surface area contributed by atoms with Gasteiger partial charge in [0.1, 0.15) is 35.6 Å². The molecule has 3 N–H and O–H groups in total. The van der Waals surface area contributed by atoms with Gasteiger partial charge in [-0.25, -0.2) is 9.97 Å². The lowest BCUT2D eigenvalue weighted by molar-refractivity contribution is 0.106. The van der Waals surface area contributed by atoms with Gasteiger partial charge in [0, 0.05) is 24.8 Å². The summed E-state index contributed by atoms with van der Waals surface area (Å²) >= 11 is 0. The highest BCUT2D eigenvalue weighted by Gasteiger charge is 2.13. The molecule has 1 atom stereocenters. The molecule has 2 aromatic carbocycles. The molecule has 0 aliphatic carbocycles. The maximum absolute atomic E-state index is 10.1. The number of nitrogens with zero attached hydrogens (tertiary/aromatic N) is 3. The van der Waals surface area contributed by atoms with Gasteiger partial charge in [0.25, 0.3) is 0 Å². The largest absolute Gasteiger partial charge is 0.508 e. The maximum atomic E-state index is 10.1. The van der Waals surface area contributed by atoms with Gasteiger partial charge in [0.15, 0.2) is 5.65 Å². The smallest absolute Gasteiger partial charge is 0.164 e. The third-order valence-corrected chi connectivity index (χ3v) is 5.93. The van der Waals surface area contributed by atoms with Gasteiger partial charge in [-0.05, 0) is 73.5 Å². The van der Waals surface area contributed by atoms with Gasteiger partial charge in [0.05, 0.1) is 0 Å². The number of aliphatic hydroxyl groups excluding tert-OH is 1. The van der Waals surface area contributed by atoms with Crippen LogP contribution in [0, 0.1) is 0 Å². The van der Waals surface area contributed by atoms with Crippen molar-refractivity contribution >= 4 is 11.2 Å². The Morgan fingerprint density at radius 1 is 1.00 bits per heavy atom. The second-order valence-electron chi connectivity index (χ2n) is 8.75. The summed E-state index contributed by atoms with van der Waals surface area (Å²) in [6, 6.07) is 19.0. The SMILES string of the molecule is CCCCCc1nc2cccnc2n1-c1ccc(CCNCC(O)COc2ccc(O)cc2)cc1. The Hall–Kier alpha value is -3.42. The number of benzene rings is 2. The predicted molar refractivity (Wildman–Crippen MR) is 138 cm³/mol. The van der Waals surface area contributed by atoms with Gasteiger partial charge in [-0.3, -0.25) is 4.57 Å². The molecular formula is C28H34N4O3. The minimum atomic E-state index is -0.612. The molecule has 2 aromatic heterocycles. The molecule has 4 rings (SSSR count). The summed E-state index contributed by atoms with van der Waals surface area (Å²) in [5.41, 5.74) is 4.13. The van der Waals surface area contributed by atoms with Crippen LogP contribution in [0.15, 0.2) is 66.9 Å². The van der Waals surface area contributed by atoms with E-state index >= 15 is 0 Å². The van der Waals surface area contributed by atoms with Crippen LogP contribution in [0.3, 0.4) is 0 Å². The van der Waals surface area contributed by atoms with Crippen LogP contribution < -0.4 is 10.1 Å². The minimum Gasteiger partial charge on any atom is -0.508 e. The van der Waals surface area contributed by atoms with Crippen LogP contribution in [0.4, 0.5) is 0 Å². The molecule has 35 heavy (non-hydrogen) atoms. The number of phenols is 1. The second kappa shape index (κ2) is 12.3. The third kappa shape index (κ3) is 6.81. The quantitative estimate of drug-likeness (QED) is 0.248. The summed E-state index contributed by atoms with van der Waals surface area (Å²) in [7, 11) is 0. The molecule has 0 saturated heterocycles. The summed E-state index contributed by atoms with van der Waals surface area (Å²) < 4.78 is 7.72. The fourth-order valence-corrected chi connectivity index (χ4v) is 4.04. The normalized spacial score (nSPS) is 12.2. The number of unbranched alkanes of at least 4 members (excludes halogenated alkanes) is 2. The van der Waals surface area contributed by atoms with Crippen molar-refractivity contribution in [1.82, 2.24) is 19.9 Å². The van der Waals surface area contributed by atoms with Gasteiger partial charge >= 0.3 is 0 Å². The number of imidazole rings is 1. The molecule has 0 fully saturated rings. The first kappa shape index (κ1) is 24.7. The molecule has 0 spiro atoms. The molecule has 7 nitrogen and oxygen atoms in total. The highest BCUT2D eigenvalue weighted by atomic mass is 16.5. The summed E-state index contributed by atoms with van der Waals surface area (Å²) in [5, 5.41) is 22.7. The highest BCUT2D eigenvalue weighted by molar-refractivity contribution is 5.73. The van der Waals surface area contributed by atoms with Crippen LogP contribution in [0.1, 0.15) is 37.6 Å². The van der Waals surface area contributed by atoms with Crippen LogP contribution >= 0.6 is 0 Å². The highest BCUT2D eigenvalue weighted by Crippen LogP contribution is 2.22. The number of ether oxygens (including phenoxy) is 1. The Morgan fingerprint density at radius 2 is 1.80 bits per heavy atom. The lowest BCUT2D eigenvalue weighted by Crippen LogP contribution is -2.32. The van der Waals surface area contributed by atoms with Crippen molar-refractivity contribution in [3.05, 3.63) is 78.2 Å². The lowest BCUT2D eigenvalue weighted by atomic mass is 10.1. The summed E-state index contributed by atoms with van der Waals surface area (Å²) in [5.74, 6) is 1.87. The van der Waals surface area contributed by atoms with E-state index in [1.165, 1.54) is 18.4 Å². The van der Waals surface area contributed by atoms with Crippen LogP contribution in [-0.2, 0) is 12.8 Å². The molecule has 0 aliphatic heterocycles. The van der Waals surface area contributed by atoms with E-state index < -0.39 is 6.10 Å². The van der Waals surface area contributed by atoms with Gasteiger partial charge in [-0.1, -0.05) is 31.9 Å². The van der Waals surface area contributed by atoms with E-state index in [2.05, 4.69) is 46.1 Å². The zero-order chi connectivity index (χ0) is 24.5. The summed E-state index contributed by atoms with van der Waals surface area (Å²) in [4.78, 5) is 9.43. The zero-order valence-electron chi connectivity index (χ0n) is 20.2. The standard InChI is InChI=1S/C28H34N4O3/c1-2-3-4-7-27-31-26-6-5-17-30-28(26)32(27)22-10-8-21(9-11-22)16-18-29-19-24(34)20-35-25-14-12-23(33)13-15-25/h5-6,8-15,17,24,29,33-34H,2-4,7,16,18-20H2,1H3. The molecule has 1 unspecified atom stereocenters. The number of hydrogen-bond donors (Lipinski definition) is 3.